The number of allylic oxidation sites excluding steroid dienone is 1. The van der Waals surface area contributed by atoms with E-state index in [2.05, 4.69) is 0 Å². The summed E-state index contributed by atoms with van der Waals surface area (Å²) in [6.45, 7) is 2.00. The lowest BCUT2D eigenvalue weighted by Gasteiger charge is -1.99. The van der Waals surface area contributed by atoms with Gasteiger partial charge in [-0.2, -0.15) is 0 Å². The van der Waals surface area contributed by atoms with Gasteiger partial charge >= 0.3 is 0 Å². The Morgan fingerprint density at radius 3 is 2.30 bits per heavy atom. The van der Waals surface area contributed by atoms with E-state index in [1.165, 1.54) is 0 Å². The van der Waals surface area contributed by atoms with Crippen molar-refractivity contribution in [2.75, 3.05) is 0 Å². The van der Waals surface area contributed by atoms with Crippen molar-refractivity contribution in [2.24, 2.45) is 0 Å². The quantitative estimate of drug-likeness (QED) is 0.475. The van der Waals surface area contributed by atoms with E-state index in [0.717, 1.165) is 5.56 Å². The number of ketones is 1. The van der Waals surface area contributed by atoms with Crippen molar-refractivity contribution in [1.82, 2.24) is 0 Å². The first-order chi connectivity index (χ1) is 9.69. The molecule has 2 aromatic rings. The molecule has 2 nitrogen and oxygen atoms in total. The van der Waals surface area contributed by atoms with E-state index in [4.69, 9.17) is 4.74 Å². The zero-order valence-corrected chi connectivity index (χ0v) is 11.3. The molecule has 0 saturated carbocycles. The summed E-state index contributed by atoms with van der Waals surface area (Å²) in [5, 5.41) is 0. The summed E-state index contributed by atoms with van der Waals surface area (Å²) in [6.07, 6.45) is 3.52. The Bertz CT molecular complexity index is 631. The first-order valence-electron chi connectivity index (χ1n) is 6.70. The fraction of sp³-hybridized carbons (Fsp3) is 0.167. The van der Waals surface area contributed by atoms with Crippen molar-refractivity contribution in [2.45, 2.75) is 18.6 Å². The summed E-state index contributed by atoms with van der Waals surface area (Å²) in [5.74, 6) is 0.00846. The summed E-state index contributed by atoms with van der Waals surface area (Å²) in [7, 11) is 0. The highest BCUT2D eigenvalue weighted by Gasteiger charge is 2.51. The summed E-state index contributed by atoms with van der Waals surface area (Å²) in [6, 6.07) is 19.3. The Balaban J connectivity index is 1.70. The first kappa shape index (κ1) is 12.8. The number of ether oxygens (including phenoxy) is 1. The summed E-state index contributed by atoms with van der Waals surface area (Å²) < 4.78 is 5.74. The van der Waals surface area contributed by atoms with Crippen LogP contribution < -0.4 is 0 Å². The molecule has 0 amide bonds. The molecular formula is C18H16O2. The van der Waals surface area contributed by atoms with Gasteiger partial charge in [0.2, 0.25) is 0 Å². The van der Waals surface area contributed by atoms with Gasteiger partial charge in [-0.25, -0.2) is 0 Å². The molecule has 0 radical (unpaired) electrons. The van der Waals surface area contributed by atoms with Gasteiger partial charge in [-0.15, -0.1) is 0 Å². The van der Waals surface area contributed by atoms with Crippen molar-refractivity contribution in [3.05, 3.63) is 83.9 Å². The van der Waals surface area contributed by atoms with Gasteiger partial charge in [0.05, 0.1) is 0 Å². The van der Waals surface area contributed by atoms with Crippen LogP contribution in [0.2, 0.25) is 0 Å². The van der Waals surface area contributed by atoms with Crippen LogP contribution in [-0.2, 0) is 4.74 Å². The lowest BCUT2D eigenvalue weighted by atomic mass is 9.99. The van der Waals surface area contributed by atoms with Gasteiger partial charge in [-0.1, -0.05) is 60.7 Å². The Morgan fingerprint density at radius 2 is 1.65 bits per heavy atom. The predicted molar refractivity (Wildman–Crippen MR) is 78.6 cm³/mol. The number of hydrogen-bond donors (Lipinski definition) is 0. The van der Waals surface area contributed by atoms with Crippen molar-refractivity contribution in [1.29, 1.82) is 0 Å². The average Bonchev–Trinajstić information content (AvgIpc) is 3.19. The third kappa shape index (κ3) is 2.56. The van der Waals surface area contributed by atoms with E-state index in [-0.39, 0.29) is 17.5 Å². The highest BCUT2D eigenvalue weighted by atomic mass is 16.6. The lowest BCUT2D eigenvalue weighted by Crippen LogP contribution is -2.03. The first-order valence-corrected chi connectivity index (χ1v) is 6.70. The van der Waals surface area contributed by atoms with Crippen molar-refractivity contribution in [3.63, 3.8) is 0 Å². The highest BCUT2D eigenvalue weighted by molar-refractivity contribution is 6.04. The predicted octanol–water partition coefficient (Wildman–Crippen LogP) is 3.96. The molecule has 3 rings (SSSR count). The van der Waals surface area contributed by atoms with Crippen LogP contribution in [-0.4, -0.2) is 11.4 Å². The number of carbonyl (C=O) groups excluding carboxylic acids is 1. The summed E-state index contributed by atoms with van der Waals surface area (Å²) in [4.78, 5) is 12.0. The van der Waals surface area contributed by atoms with E-state index >= 15 is 0 Å². The molecule has 0 N–H and O–H groups in total. The lowest BCUT2D eigenvalue weighted by molar-refractivity contribution is 0.104. The largest absolute Gasteiger partial charge is 0.357 e. The standard InChI is InChI=1S/C18H16O2/c1-18(17(20-18)15-10-6-3-7-11-15)13-12-16(19)14-8-4-2-5-9-14/h2-13,17H,1H3/b13-12+/t17-,18-/m1/s1. The van der Waals surface area contributed by atoms with Crippen molar-refractivity contribution < 1.29 is 9.53 Å². The van der Waals surface area contributed by atoms with Gasteiger partial charge in [0, 0.05) is 5.56 Å². The topological polar surface area (TPSA) is 29.6 Å². The van der Waals surface area contributed by atoms with Crippen LogP contribution in [0.1, 0.15) is 28.9 Å². The molecule has 1 aliphatic heterocycles. The number of rotatable bonds is 4. The van der Waals surface area contributed by atoms with Crippen LogP contribution in [0.15, 0.2) is 72.8 Å². The van der Waals surface area contributed by atoms with Gasteiger partial charge in [-0.3, -0.25) is 4.79 Å². The van der Waals surface area contributed by atoms with Gasteiger partial charge < -0.3 is 4.74 Å². The van der Waals surface area contributed by atoms with E-state index < -0.39 is 0 Å². The third-order valence-corrected chi connectivity index (χ3v) is 3.56. The van der Waals surface area contributed by atoms with Crippen molar-refractivity contribution in [3.8, 4) is 0 Å². The van der Waals surface area contributed by atoms with Crippen LogP contribution in [0.4, 0.5) is 0 Å². The van der Waals surface area contributed by atoms with Gasteiger partial charge in [-0.05, 0) is 24.6 Å². The fourth-order valence-corrected chi connectivity index (χ4v) is 2.31. The van der Waals surface area contributed by atoms with E-state index in [1.54, 1.807) is 6.08 Å². The Hall–Kier alpha value is -2.19. The minimum absolute atomic E-state index is 0.00846. The number of hydrogen-bond acceptors (Lipinski definition) is 2. The van der Waals surface area contributed by atoms with E-state index in [1.807, 2.05) is 73.7 Å². The second kappa shape index (κ2) is 5.06. The monoisotopic (exact) mass is 264 g/mol. The third-order valence-electron chi connectivity index (χ3n) is 3.56. The molecule has 20 heavy (non-hydrogen) atoms. The maximum Gasteiger partial charge on any atom is 0.185 e. The van der Waals surface area contributed by atoms with Gasteiger partial charge in [0.15, 0.2) is 5.78 Å². The highest BCUT2D eigenvalue weighted by Crippen LogP contribution is 2.50. The molecule has 2 aromatic carbocycles. The molecule has 0 spiro atoms. The van der Waals surface area contributed by atoms with Crippen LogP contribution in [0.3, 0.4) is 0 Å². The van der Waals surface area contributed by atoms with E-state index in [9.17, 15) is 4.79 Å². The molecule has 2 heteroatoms. The van der Waals surface area contributed by atoms with Crippen LogP contribution in [0, 0.1) is 0 Å². The molecule has 100 valence electrons. The normalized spacial score (nSPS) is 24.8. The van der Waals surface area contributed by atoms with Gasteiger partial charge in [0.1, 0.15) is 11.7 Å². The second-order valence-corrected chi connectivity index (χ2v) is 5.16. The average molecular weight is 264 g/mol. The Kier molecular flexibility index (Phi) is 3.25. The maximum atomic E-state index is 12.0. The molecule has 0 unspecified atom stereocenters. The van der Waals surface area contributed by atoms with Crippen LogP contribution in [0.25, 0.3) is 0 Å². The minimum atomic E-state index is -0.369. The molecule has 1 aliphatic rings. The second-order valence-electron chi connectivity index (χ2n) is 5.16. The Labute approximate surface area is 118 Å². The molecule has 0 bridgehead atoms. The zero-order chi connectivity index (χ0) is 14.0. The van der Waals surface area contributed by atoms with Crippen molar-refractivity contribution >= 4 is 5.78 Å². The number of epoxide rings is 1. The molecule has 0 aromatic heterocycles. The molecule has 1 heterocycles. The van der Waals surface area contributed by atoms with Gasteiger partial charge in [0.25, 0.3) is 0 Å². The number of carbonyl (C=O) groups is 1. The molecule has 1 saturated heterocycles. The zero-order valence-electron chi connectivity index (χ0n) is 11.3. The smallest absolute Gasteiger partial charge is 0.185 e. The molecule has 2 atom stereocenters. The SMILES string of the molecule is C[C@]1(/C=C/C(=O)c2ccccc2)O[C@@H]1c1ccccc1. The summed E-state index contributed by atoms with van der Waals surface area (Å²) >= 11 is 0. The minimum Gasteiger partial charge on any atom is -0.357 e. The number of benzene rings is 2. The van der Waals surface area contributed by atoms with Crippen LogP contribution >= 0.6 is 0 Å². The van der Waals surface area contributed by atoms with E-state index in [0.29, 0.717) is 5.56 Å². The Morgan fingerprint density at radius 1 is 1.05 bits per heavy atom. The van der Waals surface area contributed by atoms with Crippen LogP contribution in [0.5, 0.6) is 0 Å². The molecular weight excluding hydrogens is 248 g/mol. The fourth-order valence-electron chi connectivity index (χ4n) is 2.31. The molecule has 0 aliphatic carbocycles. The maximum absolute atomic E-state index is 12.0. The summed E-state index contributed by atoms with van der Waals surface area (Å²) in [5.41, 5.74) is 1.47. The molecule has 1 fully saturated rings.